The molecule has 1 aromatic heterocycles. The van der Waals surface area contributed by atoms with Crippen LogP contribution >= 0.6 is 11.8 Å². The summed E-state index contributed by atoms with van der Waals surface area (Å²) in [6, 6.07) is 15.2. The topological polar surface area (TPSA) is 85.8 Å². The number of anilines is 2. The lowest BCUT2D eigenvalue weighted by molar-refractivity contribution is -0.113. The zero-order valence-electron chi connectivity index (χ0n) is 14.8. The number of carbonyl (C=O) groups excluding carboxylic acids is 1. The van der Waals surface area contributed by atoms with Crippen molar-refractivity contribution in [1.29, 1.82) is 0 Å². The lowest BCUT2D eigenvalue weighted by Gasteiger charge is -2.09. The van der Waals surface area contributed by atoms with Crippen LogP contribution in [0, 0.1) is 6.92 Å². The summed E-state index contributed by atoms with van der Waals surface area (Å²) in [5, 5.41) is 12.2. The van der Waals surface area contributed by atoms with Crippen LogP contribution in [-0.2, 0) is 11.3 Å². The molecule has 0 radical (unpaired) electrons. The van der Waals surface area contributed by atoms with Crippen LogP contribution in [0.15, 0.2) is 53.7 Å². The van der Waals surface area contributed by atoms with Gasteiger partial charge < -0.3 is 15.6 Å². The van der Waals surface area contributed by atoms with Crippen molar-refractivity contribution in [2.24, 2.45) is 0 Å². The predicted octanol–water partition coefficient (Wildman–Crippen LogP) is 3.59. The molecule has 7 heteroatoms. The Morgan fingerprint density at radius 1 is 1.15 bits per heavy atom. The Labute approximate surface area is 156 Å². The Morgan fingerprint density at radius 3 is 2.58 bits per heavy atom. The van der Waals surface area contributed by atoms with Crippen molar-refractivity contribution in [3.05, 3.63) is 54.1 Å². The number of aromatic nitrogens is 3. The minimum absolute atomic E-state index is 0.0658. The number of carbonyl (C=O) groups is 1. The molecule has 0 unspecified atom stereocenters. The first-order valence-corrected chi connectivity index (χ1v) is 9.34. The summed E-state index contributed by atoms with van der Waals surface area (Å²) in [5.41, 5.74) is 9.27. The van der Waals surface area contributed by atoms with E-state index in [0.29, 0.717) is 12.2 Å². The first-order chi connectivity index (χ1) is 12.6. The Balaban J connectivity index is 1.69. The molecule has 134 valence electrons. The molecule has 0 atom stereocenters. The standard InChI is InChI=1S/C19H21N5OS/c1-3-24-18(14-8-10-15(20)11-9-14)22-23-19(24)26-12-17(25)21-16-7-5-4-6-13(16)2/h4-11H,3,12,20H2,1-2H3,(H,21,25). The van der Waals surface area contributed by atoms with Crippen molar-refractivity contribution in [3.63, 3.8) is 0 Å². The second-order valence-electron chi connectivity index (χ2n) is 5.82. The number of hydrogen-bond acceptors (Lipinski definition) is 5. The van der Waals surface area contributed by atoms with E-state index in [-0.39, 0.29) is 11.7 Å². The smallest absolute Gasteiger partial charge is 0.234 e. The fourth-order valence-electron chi connectivity index (χ4n) is 2.56. The lowest BCUT2D eigenvalue weighted by atomic mass is 10.2. The highest BCUT2D eigenvalue weighted by Crippen LogP contribution is 2.25. The quantitative estimate of drug-likeness (QED) is 0.514. The van der Waals surface area contributed by atoms with E-state index in [2.05, 4.69) is 15.5 Å². The van der Waals surface area contributed by atoms with E-state index >= 15 is 0 Å². The summed E-state index contributed by atoms with van der Waals surface area (Å²) in [6.45, 7) is 4.71. The number of nitrogens with two attached hydrogens (primary N) is 1. The molecule has 0 saturated heterocycles. The van der Waals surface area contributed by atoms with E-state index in [4.69, 9.17) is 5.73 Å². The molecule has 0 aliphatic rings. The maximum atomic E-state index is 12.2. The Kier molecular flexibility index (Phi) is 5.58. The number of para-hydroxylation sites is 1. The molecule has 3 aromatic rings. The number of nitrogen functional groups attached to an aromatic ring is 1. The zero-order valence-corrected chi connectivity index (χ0v) is 15.6. The van der Waals surface area contributed by atoms with Gasteiger partial charge in [0.15, 0.2) is 11.0 Å². The van der Waals surface area contributed by atoms with Crippen LogP contribution in [0.1, 0.15) is 12.5 Å². The van der Waals surface area contributed by atoms with Crippen LogP contribution in [0.2, 0.25) is 0 Å². The fourth-order valence-corrected chi connectivity index (χ4v) is 3.36. The van der Waals surface area contributed by atoms with Gasteiger partial charge in [0.2, 0.25) is 5.91 Å². The number of nitrogens with zero attached hydrogens (tertiary/aromatic N) is 3. The molecule has 3 rings (SSSR count). The number of benzene rings is 2. The van der Waals surface area contributed by atoms with E-state index in [0.717, 1.165) is 27.8 Å². The summed E-state index contributed by atoms with van der Waals surface area (Å²) in [4.78, 5) is 12.2. The average molecular weight is 367 g/mol. The van der Waals surface area contributed by atoms with Gasteiger partial charge in [0.25, 0.3) is 0 Å². The number of rotatable bonds is 6. The van der Waals surface area contributed by atoms with Gasteiger partial charge in [-0.3, -0.25) is 4.79 Å². The van der Waals surface area contributed by atoms with Gasteiger partial charge in [-0.2, -0.15) is 0 Å². The Hall–Kier alpha value is -2.80. The second-order valence-corrected chi connectivity index (χ2v) is 6.77. The van der Waals surface area contributed by atoms with Gasteiger partial charge in [0, 0.05) is 23.5 Å². The predicted molar refractivity (Wildman–Crippen MR) is 106 cm³/mol. The summed E-state index contributed by atoms with van der Waals surface area (Å²) < 4.78 is 2.00. The molecule has 3 N–H and O–H groups in total. The van der Waals surface area contributed by atoms with Crippen LogP contribution in [-0.4, -0.2) is 26.4 Å². The minimum Gasteiger partial charge on any atom is -0.399 e. The van der Waals surface area contributed by atoms with Gasteiger partial charge in [0.05, 0.1) is 5.75 Å². The van der Waals surface area contributed by atoms with E-state index in [1.54, 1.807) is 0 Å². The number of amides is 1. The third kappa shape index (κ3) is 4.05. The molecule has 0 spiro atoms. The largest absolute Gasteiger partial charge is 0.399 e. The monoisotopic (exact) mass is 367 g/mol. The van der Waals surface area contributed by atoms with Gasteiger partial charge in [0.1, 0.15) is 0 Å². The molecular formula is C19H21N5OS. The Morgan fingerprint density at radius 2 is 1.88 bits per heavy atom. The number of nitrogens with one attached hydrogen (secondary N) is 1. The highest BCUT2D eigenvalue weighted by molar-refractivity contribution is 7.99. The van der Waals surface area contributed by atoms with Crippen LogP contribution in [0.5, 0.6) is 0 Å². The van der Waals surface area contributed by atoms with Crippen LogP contribution in [0.3, 0.4) is 0 Å². The summed E-state index contributed by atoms with van der Waals surface area (Å²) in [5.74, 6) is 0.979. The molecule has 26 heavy (non-hydrogen) atoms. The molecule has 1 amide bonds. The van der Waals surface area contributed by atoms with E-state index in [9.17, 15) is 4.79 Å². The van der Waals surface area contributed by atoms with Gasteiger partial charge in [-0.15, -0.1) is 10.2 Å². The summed E-state index contributed by atoms with van der Waals surface area (Å²) in [7, 11) is 0. The fraction of sp³-hybridized carbons (Fsp3) is 0.211. The van der Waals surface area contributed by atoms with Gasteiger partial charge in [-0.1, -0.05) is 30.0 Å². The SMILES string of the molecule is CCn1c(SCC(=O)Nc2ccccc2C)nnc1-c1ccc(N)cc1. The second kappa shape index (κ2) is 8.05. The molecular weight excluding hydrogens is 346 g/mol. The van der Waals surface area contributed by atoms with Crippen molar-refractivity contribution in [2.75, 3.05) is 16.8 Å². The van der Waals surface area contributed by atoms with Crippen molar-refractivity contribution >= 4 is 29.0 Å². The summed E-state index contributed by atoms with van der Waals surface area (Å²) in [6.07, 6.45) is 0. The van der Waals surface area contributed by atoms with Crippen molar-refractivity contribution < 1.29 is 4.79 Å². The summed E-state index contributed by atoms with van der Waals surface area (Å²) >= 11 is 1.38. The molecule has 2 aromatic carbocycles. The zero-order chi connectivity index (χ0) is 18.5. The van der Waals surface area contributed by atoms with Crippen molar-refractivity contribution in [2.45, 2.75) is 25.5 Å². The van der Waals surface area contributed by atoms with Crippen molar-refractivity contribution in [3.8, 4) is 11.4 Å². The minimum atomic E-state index is -0.0658. The third-order valence-corrected chi connectivity index (χ3v) is 4.92. The van der Waals surface area contributed by atoms with E-state index in [1.807, 2.05) is 66.9 Å². The highest BCUT2D eigenvalue weighted by Gasteiger charge is 2.14. The Bertz CT molecular complexity index is 905. The molecule has 0 bridgehead atoms. The van der Waals surface area contributed by atoms with Crippen LogP contribution in [0.4, 0.5) is 11.4 Å². The molecule has 1 heterocycles. The molecule has 0 aliphatic heterocycles. The average Bonchev–Trinajstić information content (AvgIpc) is 3.05. The molecule has 0 aliphatic carbocycles. The van der Waals surface area contributed by atoms with Crippen LogP contribution < -0.4 is 11.1 Å². The maximum absolute atomic E-state index is 12.2. The van der Waals surface area contributed by atoms with Gasteiger partial charge in [-0.05, 0) is 49.7 Å². The third-order valence-electron chi connectivity index (χ3n) is 3.95. The maximum Gasteiger partial charge on any atom is 0.234 e. The first-order valence-electron chi connectivity index (χ1n) is 8.36. The molecule has 0 fully saturated rings. The van der Waals surface area contributed by atoms with Gasteiger partial charge in [-0.25, -0.2) is 0 Å². The molecule has 0 saturated carbocycles. The lowest BCUT2D eigenvalue weighted by Crippen LogP contribution is -2.15. The number of hydrogen-bond donors (Lipinski definition) is 2. The molecule has 6 nitrogen and oxygen atoms in total. The number of thioether (sulfide) groups is 1. The highest BCUT2D eigenvalue weighted by atomic mass is 32.2. The van der Waals surface area contributed by atoms with Crippen LogP contribution in [0.25, 0.3) is 11.4 Å². The first kappa shape index (κ1) is 18.0. The normalized spacial score (nSPS) is 10.7. The van der Waals surface area contributed by atoms with E-state index < -0.39 is 0 Å². The van der Waals surface area contributed by atoms with E-state index in [1.165, 1.54) is 11.8 Å². The van der Waals surface area contributed by atoms with Crippen molar-refractivity contribution in [1.82, 2.24) is 14.8 Å². The van der Waals surface area contributed by atoms with Gasteiger partial charge >= 0.3 is 0 Å². The number of aryl methyl sites for hydroxylation is 1.